The molecule has 0 spiro atoms. The minimum absolute atomic E-state index is 0.0370. The molecule has 1 saturated heterocycles. The number of hydrogen-bond acceptors (Lipinski definition) is 7. The molecule has 0 aliphatic carbocycles. The van der Waals surface area contributed by atoms with Gasteiger partial charge in [-0.3, -0.25) is 19.2 Å². The zero-order chi connectivity index (χ0) is 24.7. The maximum absolute atomic E-state index is 12.4. The average Bonchev–Trinajstić information content (AvgIpc) is 3.20. The second-order valence-electron chi connectivity index (χ2n) is 7.59. The molecule has 1 atom stereocenters. The first-order chi connectivity index (χ1) is 16.3. The van der Waals surface area contributed by atoms with E-state index in [1.54, 1.807) is 55.5 Å². The Bertz CT molecular complexity index is 1080. The van der Waals surface area contributed by atoms with Gasteiger partial charge in [-0.2, -0.15) is 0 Å². The van der Waals surface area contributed by atoms with E-state index < -0.39 is 30.4 Å². The SMILES string of the molecule is CCOC(=O)c1ccc(N2C[C@H](C(=O)OCC(=O)Nc3ccc(NC(C)=O)cc3)CC2=O)cc1. The molecule has 1 heterocycles. The van der Waals surface area contributed by atoms with Crippen LogP contribution in [0.3, 0.4) is 0 Å². The molecular formula is C24H25N3O7. The van der Waals surface area contributed by atoms with Crippen LogP contribution < -0.4 is 15.5 Å². The van der Waals surface area contributed by atoms with Gasteiger partial charge in [0.15, 0.2) is 6.61 Å². The van der Waals surface area contributed by atoms with E-state index in [-0.39, 0.29) is 31.4 Å². The molecule has 0 aromatic heterocycles. The second-order valence-corrected chi connectivity index (χ2v) is 7.59. The molecule has 34 heavy (non-hydrogen) atoms. The summed E-state index contributed by atoms with van der Waals surface area (Å²) in [5.74, 6) is -2.80. The lowest BCUT2D eigenvalue weighted by Gasteiger charge is -2.17. The van der Waals surface area contributed by atoms with E-state index in [0.717, 1.165) is 0 Å². The van der Waals surface area contributed by atoms with Crippen molar-refractivity contribution in [2.24, 2.45) is 5.92 Å². The fourth-order valence-corrected chi connectivity index (χ4v) is 3.40. The van der Waals surface area contributed by atoms with Crippen LogP contribution in [0.4, 0.5) is 17.1 Å². The van der Waals surface area contributed by atoms with Gasteiger partial charge in [-0.25, -0.2) is 4.79 Å². The fourth-order valence-electron chi connectivity index (χ4n) is 3.40. The molecule has 0 bridgehead atoms. The third-order valence-electron chi connectivity index (χ3n) is 4.98. The monoisotopic (exact) mass is 467 g/mol. The van der Waals surface area contributed by atoms with Gasteiger partial charge in [-0.15, -0.1) is 0 Å². The molecular weight excluding hydrogens is 442 g/mol. The highest BCUT2D eigenvalue weighted by atomic mass is 16.5. The Morgan fingerprint density at radius 3 is 2.15 bits per heavy atom. The Balaban J connectivity index is 1.49. The Morgan fingerprint density at radius 2 is 1.56 bits per heavy atom. The van der Waals surface area contributed by atoms with Gasteiger partial charge >= 0.3 is 11.9 Å². The zero-order valence-corrected chi connectivity index (χ0v) is 18.8. The number of ether oxygens (including phenoxy) is 2. The molecule has 1 aliphatic heterocycles. The third kappa shape index (κ3) is 6.41. The van der Waals surface area contributed by atoms with Gasteiger partial charge in [0.05, 0.1) is 18.1 Å². The summed E-state index contributed by atoms with van der Waals surface area (Å²) >= 11 is 0. The van der Waals surface area contributed by atoms with Gasteiger partial charge in [0, 0.05) is 37.0 Å². The lowest BCUT2D eigenvalue weighted by Crippen LogP contribution is -2.28. The molecule has 0 saturated carbocycles. The topological polar surface area (TPSA) is 131 Å². The van der Waals surface area contributed by atoms with Crippen LogP contribution in [-0.4, -0.2) is 49.4 Å². The highest BCUT2D eigenvalue weighted by Crippen LogP contribution is 2.26. The van der Waals surface area contributed by atoms with Gasteiger partial charge < -0.3 is 25.0 Å². The van der Waals surface area contributed by atoms with Crippen LogP contribution in [0.2, 0.25) is 0 Å². The van der Waals surface area contributed by atoms with Gasteiger partial charge in [0.1, 0.15) is 0 Å². The van der Waals surface area contributed by atoms with Crippen molar-refractivity contribution in [3.05, 3.63) is 54.1 Å². The van der Waals surface area contributed by atoms with Crippen LogP contribution in [0.1, 0.15) is 30.6 Å². The second kappa shape index (κ2) is 11.1. The predicted molar refractivity (Wildman–Crippen MR) is 123 cm³/mol. The van der Waals surface area contributed by atoms with Crippen LogP contribution >= 0.6 is 0 Å². The number of carbonyl (C=O) groups excluding carboxylic acids is 5. The highest BCUT2D eigenvalue weighted by molar-refractivity contribution is 6.00. The molecule has 2 aromatic rings. The Hall–Kier alpha value is -4.21. The number of nitrogens with one attached hydrogen (secondary N) is 2. The van der Waals surface area contributed by atoms with Crippen LogP contribution in [0.5, 0.6) is 0 Å². The number of esters is 2. The number of rotatable bonds is 8. The Morgan fingerprint density at radius 1 is 0.941 bits per heavy atom. The summed E-state index contributed by atoms with van der Waals surface area (Å²) in [4.78, 5) is 61.2. The minimum Gasteiger partial charge on any atom is -0.462 e. The number of carbonyl (C=O) groups is 5. The molecule has 1 fully saturated rings. The number of amides is 3. The van der Waals surface area contributed by atoms with Gasteiger partial charge in [-0.05, 0) is 55.5 Å². The van der Waals surface area contributed by atoms with Gasteiger partial charge in [0.25, 0.3) is 5.91 Å². The highest BCUT2D eigenvalue weighted by Gasteiger charge is 2.36. The zero-order valence-electron chi connectivity index (χ0n) is 18.8. The largest absolute Gasteiger partial charge is 0.462 e. The molecule has 3 rings (SSSR count). The van der Waals surface area contributed by atoms with E-state index >= 15 is 0 Å². The van der Waals surface area contributed by atoms with Gasteiger partial charge in [0.2, 0.25) is 11.8 Å². The number of benzene rings is 2. The van der Waals surface area contributed by atoms with Crippen molar-refractivity contribution < 1.29 is 33.4 Å². The maximum Gasteiger partial charge on any atom is 0.338 e. The predicted octanol–water partition coefficient (Wildman–Crippen LogP) is 2.36. The molecule has 3 amide bonds. The number of nitrogens with zero attached hydrogens (tertiary/aromatic N) is 1. The first-order valence-corrected chi connectivity index (χ1v) is 10.7. The molecule has 10 nitrogen and oxygen atoms in total. The normalized spacial score (nSPS) is 14.9. The minimum atomic E-state index is -0.707. The first-order valence-electron chi connectivity index (χ1n) is 10.7. The summed E-state index contributed by atoms with van der Waals surface area (Å²) in [7, 11) is 0. The smallest absolute Gasteiger partial charge is 0.338 e. The van der Waals surface area contributed by atoms with Crippen molar-refractivity contribution >= 4 is 46.7 Å². The summed E-state index contributed by atoms with van der Waals surface area (Å²) in [5.41, 5.74) is 1.98. The quantitative estimate of drug-likeness (QED) is 0.570. The van der Waals surface area contributed by atoms with Crippen LogP contribution in [0, 0.1) is 5.92 Å². The molecule has 0 unspecified atom stereocenters. The van der Waals surface area contributed by atoms with Crippen molar-refractivity contribution in [3.63, 3.8) is 0 Å². The summed E-state index contributed by atoms with van der Waals surface area (Å²) in [6, 6.07) is 12.8. The van der Waals surface area contributed by atoms with Crippen LogP contribution in [0.25, 0.3) is 0 Å². The lowest BCUT2D eigenvalue weighted by atomic mass is 10.1. The van der Waals surface area contributed by atoms with E-state index in [9.17, 15) is 24.0 Å². The average molecular weight is 467 g/mol. The van der Waals surface area contributed by atoms with Crippen LogP contribution in [-0.2, 0) is 28.7 Å². The molecule has 2 N–H and O–H groups in total. The van der Waals surface area contributed by atoms with Crippen molar-refractivity contribution in [1.82, 2.24) is 0 Å². The molecule has 178 valence electrons. The summed E-state index contributed by atoms with van der Waals surface area (Å²) in [6.45, 7) is 2.99. The first kappa shape index (κ1) is 24.4. The molecule has 10 heteroatoms. The molecule has 0 radical (unpaired) electrons. The van der Waals surface area contributed by atoms with E-state index in [2.05, 4.69) is 10.6 Å². The standard InChI is InChI=1S/C24H25N3O7/c1-3-33-23(31)16-4-10-20(11-5-16)27-13-17(12-22(27)30)24(32)34-14-21(29)26-19-8-6-18(7-9-19)25-15(2)28/h4-11,17H,3,12-14H2,1-2H3,(H,25,28)(H,26,29)/t17-/m1/s1. The Kier molecular flexibility index (Phi) is 7.96. The molecule has 2 aromatic carbocycles. The van der Waals surface area contributed by atoms with E-state index in [1.807, 2.05) is 0 Å². The van der Waals surface area contributed by atoms with Crippen molar-refractivity contribution in [3.8, 4) is 0 Å². The van der Waals surface area contributed by atoms with Crippen molar-refractivity contribution in [2.45, 2.75) is 20.3 Å². The maximum atomic E-state index is 12.4. The number of anilines is 3. The summed E-state index contributed by atoms with van der Waals surface area (Å²) in [6.07, 6.45) is -0.0370. The third-order valence-corrected chi connectivity index (χ3v) is 4.98. The van der Waals surface area contributed by atoms with Crippen molar-refractivity contribution in [1.29, 1.82) is 0 Å². The summed E-state index contributed by atoms with van der Waals surface area (Å²) < 4.78 is 10.0. The van der Waals surface area contributed by atoms with E-state index in [1.165, 1.54) is 11.8 Å². The summed E-state index contributed by atoms with van der Waals surface area (Å²) in [5, 5.41) is 5.21. The lowest BCUT2D eigenvalue weighted by molar-refractivity contribution is -0.151. The Labute approximate surface area is 196 Å². The molecule has 1 aliphatic rings. The van der Waals surface area contributed by atoms with E-state index in [4.69, 9.17) is 9.47 Å². The van der Waals surface area contributed by atoms with Crippen molar-refractivity contribution in [2.75, 3.05) is 35.3 Å². The van der Waals surface area contributed by atoms with Crippen LogP contribution in [0.15, 0.2) is 48.5 Å². The van der Waals surface area contributed by atoms with E-state index in [0.29, 0.717) is 22.6 Å². The fraction of sp³-hybridized carbons (Fsp3) is 0.292. The number of hydrogen-bond donors (Lipinski definition) is 2. The van der Waals surface area contributed by atoms with Gasteiger partial charge in [-0.1, -0.05) is 0 Å².